The standard InChI is InChI=1S/C11H21NO5S/c1-11(2,17-3)10(14)12(5-6-13)9-4-7-18(15,16)8-9/h9,13H,4-8H2,1-3H3. The highest BCUT2D eigenvalue weighted by Gasteiger charge is 2.39. The Bertz CT molecular complexity index is 404. The summed E-state index contributed by atoms with van der Waals surface area (Å²) < 4.78 is 28.0. The van der Waals surface area contributed by atoms with E-state index in [9.17, 15) is 13.2 Å². The summed E-state index contributed by atoms with van der Waals surface area (Å²) >= 11 is 0. The number of nitrogens with zero attached hydrogens (tertiary/aromatic N) is 1. The molecule has 0 aliphatic carbocycles. The van der Waals surface area contributed by atoms with Crippen LogP contribution in [0.4, 0.5) is 0 Å². The Kier molecular flexibility index (Phi) is 4.74. The van der Waals surface area contributed by atoms with Crippen LogP contribution in [-0.4, -0.2) is 67.7 Å². The first-order chi connectivity index (χ1) is 8.23. The van der Waals surface area contributed by atoms with Crippen LogP contribution in [0, 0.1) is 0 Å². The van der Waals surface area contributed by atoms with Gasteiger partial charge in [0.1, 0.15) is 5.60 Å². The van der Waals surface area contributed by atoms with Gasteiger partial charge in [-0.1, -0.05) is 0 Å². The Hall–Kier alpha value is -0.660. The molecule has 1 heterocycles. The van der Waals surface area contributed by atoms with E-state index in [0.717, 1.165) is 0 Å². The van der Waals surface area contributed by atoms with Gasteiger partial charge in [-0.05, 0) is 20.3 Å². The number of carbonyl (C=O) groups is 1. The van der Waals surface area contributed by atoms with Crippen LogP contribution in [-0.2, 0) is 19.4 Å². The number of rotatable bonds is 5. The van der Waals surface area contributed by atoms with Crippen LogP contribution in [0.25, 0.3) is 0 Å². The number of hydrogen-bond acceptors (Lipinski definition) is 5. The van der Waals surface area contributed by atoms with Gasteiger partial charge >= 0.3 is 0 Å². The molecule has 18 heavy (non-hydrogen) atoms. The fraction of sp³-hybridized carbons (Fsp3) is 0.909. The molecule has 0 saturated carbocycles. The summed E-state index contributed by atoms with van der Waals surface area (Å²) in [7, 11) is -1.63. The molecule has 6 nitrogen and oxygen atoms in total. The SMILES string of the molecule is COC(C)(C)C(=O)N(CCO)C1CCS(=O)(=O)C1. The summed E-state index contributed by atoms with van der Waals surface area (Å²) in [4.78, 5) is 13.7. The average molecular weight is 279 g/mol. The predicted molar refractivity (Wildman–Crippen MR) is 66.9 cm³/mol. The molecule has 7 heteroatoms. The van der Waals surface area contributed by atoms with E-state index in [1.165, 1.54) is 12.0 Å². The molecule has 1 unspecified atom stereocenters. The van der Waals surface area contributed by atoms with E-state index >= 15 is 0 Å². The summed E-state index contributed by atoms with van der Waals surface area (Å²) in [5, 5.41) is 9.03. The van der Waals surface area contributed by atoms with Crippen LogP contribution in [0.5, 0.6) is 0 Å². The zero-order valence-corrected chi connectivity index (χ0v) is 11.9. The largest absolute Gasteiger partial charge is 0.395 e. The highest BCUT2D eigenvalue weighted by atomic mass is 32.2. The third-order valence-corrected chi connectivity index (χ3v) is 5.03. The lowest BCUT2D eigenvalue weighted by Gasteiger charge is -2.34. The molecule has 1 fully saturated rings. The number of amides is 1. The minimum Gasteiger partial charge on any atom is -0.395 e. The van der Waals surface area contributed by atoms with Crippen molar-refractivity contribution in [3.63, 3.8) is 0 Å². The third kappa shape index (κ3) is 3.43. The van der Waals surface area contributed by atoms with Crippen molar-refractivity contribution in [2.24, 2.45) is 0 Å². The first kappa shape index (κ1) is 15.4. The molecule has 1 amide bonds. The highest BCUT2D eigenvalue weighted by molar-refractivity contribution is 7.91. The summed E-state index contributed by atoms with van der Waals surface area (Å²) in [6.07, 6.45) is 0.424. The van der Waals surface area contributed by atoms with Crippen molar-refractivity contribution >= 4 is 15.7 Å². The third-order valence-electron chi connectivity index (χ3n) is 3.28. The van der Waals surface area contributed by atoms with Crippen molar-refractivity contribution in [2.45, 2.75) is 31.9 Å². The molecule has 0 bridgehead atoms. The van der Waals surface area contributed by atoms with E-state index in [1.807, 2.05) is 0 Å². The number of hydrogen-bond donors (Lipinski definition) is 1. The van der Waals surface area contributed by atoms with Crippen LogP contribution in [0.2, 0.25) is 0 Å². The minimum atomic E-state index is -3.06. The van der Waals surface area contributed by atoms with Gasteiger partial charge in [0.05, 0.1) is 18.1 Å². The number of aliphatic hydroxyl groups excluding tert-OH is 1. The molecule has 106 valence electrons. The van der Waals surface area contributed by atoms with Crippen LogP contribution >= 0.6 is 0 Å². The molecule has 1 aliphatic rings. The van der Waals surface area contributed by atoms with Crippen molar-refractivity contribution in [2.75, 3.05) is 31.8 Å². The molecular formula is C11H21NO5S. The molecule has 1 N–H and O–H groups in total. The molecule has 1 aliphatic heterocycles. The summed E-state index contributed by atoms with van der Waals surface area (Å²) in [6.45, 7) is 3.19. The van der Waals surface area contributed by atoms with Crippen LogP contribution in [0.3, 0.4) is 0 Å². The van der Waals surface area contributed by atoms with Crippen LogP contribution in [0.15, 0.2) is 0 Å². The van der Waals surface area contributed by atoms with E-state index < -0.39 is 15.4 Å². The van der Waals surface area contributed by atoms with Crippen molar-refractivity contribution in [3.8, 4) is 0 Å². The van der Waals surface area contributed by atoms with E-state index in [1.54, 1.807) is 13.8 Å². The number of sulfone groups is 1. The van der Waals surface area contributed by atoms with Crippen molar-refractivity contribution in [3.05, 3.63) is 0 Å². The molecule has 1 atom stereocenters. The van der Waals surface area contributed by atoms with Crippen molar-refractivity contribution in [1.82, 2.24) is 4.90 Å². The lowest BCUT2D eigenvalue weighted by atomic mass is 10.1. The van der Waals surface area contributed by atoms with Gasteiger partial charge < -0.3 is 14.7 Å². The second-order valence-corrected chi connectivity index (χ2v) is 7.22. The van der Waals surface area contributed by atoms with Gasteiger partial charge in [-0.25, -0.2) is 8.42 Å². The van der Waals surface area contributed by atoms with Gasteiger partial charge in [0.25, 0.3) is 5.91 Å². The lowest BCUT2D eigenvalue weighted by molar-refractivity contribution is -0.153. The number of aliphatic hydroxyl groups is 1. The summed E-state index contributed by atoms with van der Waals surface area (Å²) in [6, 6.07) is -0.357. The predicted octanol–water partition coefficient (Wildman–Crippen LogP) is -0.581. The Morgan fingerprint density at radius 2 is 2.11 bits per heavy atom. The quantitative estimate of drug-likeness (QED) is 0.728. The van der Waals surface area contributed by atoms with Gasteiger partial charge in [-0.3, -0.25) is 4.79 Å². The van der Waals surface area contributed by atoms with Crippen LogP contribution in [0.1, 0.15) is 20.3 Å². The molecule has 1 rings (SSSR count). The molecule has 0 aromatic heterocycles. The van der Waals surface area contributed by atoms with Crippen molar-refractivity contribution < 1.29 is 23.1 Å². The average Bonchev–Trinajstić information content (AvgIpc) is 2.65. The first-order valence-electron chi connectivity index (χ1n) is 5.91. The Labute approximate surface area is 108 Å². The summed E-state index contributed by atoms with van der Waals surface area (Å²) in [5.41, 5.74) is -1.01. The lowest BCUT2D eigenvalue weighted by Crippen LogP contribution is -2.52. The minimum absolute atomic E-state index is 0.0292. The number of carbonyl (C=O) groups excluding carboxylic acids is 1. The summed E-state index contributed by atoms with van der Waals surface area (Å²) in [5.74, 6) is -0.222. The topological polar surface area (TPSA) is 83.9 Å². The van der Waals surface area contributed by atoms with Gasteiger partial charge in [0.15, 0.2) is 9.84 Å². The zero-order valence-electron chi connectivity index (χ0n) is 11.0. The second-order valence-electron chi connectivity index (χ2n) is 4.99. The Morgan fingerprint density at radius 3 is 2.50 bits per heavy atom. The molecule has 0 aromatic rings. The van der Waals surface area contributed by atoms with Gasteiger partial charge in [0, 0.05) is 19.7 Å². The fourth-order valence-electron chi connectivity index (χ4n) is 2.01. The van der Waals surface area contributed by atoms with Gasteiger partial charge in [0.2, 0.25) is 0 Å². The smallest absolute Gasteiger partial charge is 0.254 e. The van der Waals surface area contributed by atoms with Gasteiger partial charge in [-0.2, -0.15) is 0 Å². The zero-order chi connectivity index (χ0) is 14.0. The molecule has 0 spiro atoms. The first-order valence-corrected chi connectivity index (χ1v) is 7.73. The molecule has 0 aromatic carbocycles. The van der Waals surface area contributed by atoms with Crippen molar-refractivity contribution in [1.29, 1.82) is 0 Å². The number of ether oxygens (including phenoxy) is 1. The monoisotopic (exact) mass is 279 g/mol. The normalized spacial score (nSPS) is 23.0. The number of methoxy groups -OCH3 is 1. The second kappa shape index (κ2) is 5.54. The van der Waals surface area contributed by atoms with E-state index in [4.69, 9.17) is 9.84 Å². The Morgan fingerprint density at radius 1 is 1.50 bits per heavy atom. The van der Waals surface area contributed by atoms with E-state index in [2.05, 4.69) is 0 Å². The molecular weight excluding hydrogens is 258 g/mol. The molecule has 1 saturated heterocycles. The maximum atomic E-state index is 12.3. The van der Waals surface area contributed by atoms with Crippen LogP contribution < -0.4 is 0 Å². The fourth-order valence-corrected chi connectivity index (χ4v) is 3.74. The molecule has 0 radical (unpaired) electrons. The maximum absolute atomic E-state index is 12.3. The van der Waals surface area contributed by atoms with E-state index in [-0.39, 0.29) is 36.6 Å². The maximum Gasteiger partial charge on any atom is 0.254 e. The van der Waals surface area contributed by atoms with Gasteiger partial charge in [-0.15, -0.1) is 0 Å². The Balaban J connectivity index is 2.87. The highest BCUT2D eigenvalue weighted by Crippen LogP contribution is 2.22. The van der Waals surface area contributed by atoms with E-state index in [0.29, 0.717) is 6.42 Å².